The van der Waals surface area contributed by atoms with Crippen LogP contribution in [0.5, 0.6) is 0 Å². The first-order valence-corrected chi connectivity index (χ1v) is 4.32. The first kappa shape index (κ1) is 9.06. The van der Waals surface area contributed by atoms with E-state index in [0.717, 1.165) is 6.21 Å². The van der Waals surface area contributed by atoms with Crippen molar-refractivity contribution in [2.75, 3.05) is 0 Å². The number of pyridine rings is 1. The molecule has 0 aliphatic carbocycles. The quantitative estimate of drug-likeness (QED) is 0.599. The van der Waals surface area contributed by atoms with Crippen molar-refractivity contribution in [3.8, 4) is 0 Å². The Balaban J connectivity index is 2.85. The molecule has 0 amide bonds. The third-order valence-electron chi connectivity index (χ3n) is 1.36. The monoisotopic (exact) mass is 225 g/mol. The molecule has 1 aromatic heterocycles. The normalized spacial score (nSPS) is 12.1. The summed E-state index contributed by atoms with van der Waals surface area (Å²) in [5.41, 5.74) is 0.911. The number of hydrogen-bond acceptors (Lipinski definition) is 3. The maximum absolute atomic E-state index is 7.58. The van der Waals surface area contributed by atoms with Gasteiger partial charge in [-0.15, -0.1) is 0 Å². The zero-order valence-electron chi connectivity index (χ0n) is 6.29. The van der Waals surface area contributed by atoms with Gasteiger partial charge >= 0.3 is 0 Å². The molecule has 0 saturated carbocycles. The second-order valence-electron chi connectivity index (χ2n) is 2.20. The van der Waals surface area contributed by atoms with Gasteiger partial charge in [0.15, 0.2) is 0 Å². The first-order valence-electron chi connectivity index (χ1n) is 3.40. The van der Waals surface area contributed by atoms with Crippen molar-refractivity contribution < 1.29 is 0 Å². The topological polar surface area (TPSA) is 60.6 Å². The summed E-state index contributed by atoms with van der Waals surface area (Å²) in [5.74, 6) is 0. The summed E-state index contributed by atoms with van der Waals surface area (Å²) >= 11 is 3.17. The maximum atomic E-state index is 7.58. The summed E-state index contributed by atoms with van der Waals surface area (Å²) in [6, 6.07) is 5.37. The molecule has 0 aliphatic rings. The van der Waals surface area contributed by atoms with Gasteiger partial charge in [0.25, 0.3) is 0 Å². The van der Waals surface area contributed by atoms with Crippen molar-refractivity contribution in [1.29, 1.82) is 10.8 Å². The predicted octanol–water partition coefficient (Wildman–Crippen LogP) is 1.86. The van der Waals surface area contributed by atoms with E-state index in [1.54, 1.807) is 18.3 Å². The van der Waals surface area contributed by atoms with Crippen molar-refractivity contribution in [2.45, 2.75) is 4.83 Å². The van der Waals surface area contributed by atoms with Crippen molar-refractivity contribution in [2.24, 2.45) is 0 Å². The third-order valence-corrected chi connectivity index (χ3v) is 2.09. The molecule has 1 atom stereocenters. The molecular weight excluding hydrogens is 218 g/mol. The van der Waals surface area contributed by atoms with Crippen LogP contribution in [0.25, 0.3) is 0 Å². The lowest BCUT2D eigenvalue weighted by atomic mass is 10.2. The highest BCUT2D eigenvalue weighted by atomic mass is 79.9. The molecule has 1 rings (SSSR count). The van der Waals surface area contributed by atoms with E-state index >= 15 is 0 Å². The highest BCUT2D eigenvalue weighted by molar-refractivity contribution is 9.10. The Morgan fingerprint density at radius 1 is 1.58 bits per heavy atom. The number of hydrogen-bond donors (Lipinski definition) is 2. The van der Waals surface area contributed by atoms with Gasteiger partial charge in [-0.2, -0.15) is 0 Å². The fourth-order valence-electron chi connectivity index (χ4n) is 0.747. The molecule has 0 saturated heterocycles. The molecule has 62 valence electrons. The van der Waals surface area contributed by atoms with E-state index in [-0.39, 0.29) is 4.83 Å². The Bertz CT molecular complexity index is 284. The molecular formula is C8H8BrN3. The van der Waals surface area contributed by atoms with E-state index in [4.69, 9.17) is 10.8 Å². The van der Waals surface area contributed by atoms with Gasteiger partial charge in [-0.3, -0.25) is 4.98 Å². The van der Waals surface area contributed by atoms with Crippen molar-refractivity contribution in [1.82, 2.24) is 4.98 Å². The highest BCUT2D eigenvalue weighted by Gasteiger charge is 2.09. The van der Waals surface area contributed by atoms with Gasteiger partial charge in [-0.1, -0.05) is 22.0 Å². The molecule has 0 fully saturated rings. The Morgan fingerprint density at radius 2 is 2.33 bits per heavy atom. The van der Waals surface area contributed by atoms with Crippen molar-refractivity contribution in [3.63, 3.8) is 0 Å². The zero-order chi connectivity index (χ0) is 8.97. The number of alkyl halides is 1. The fourth-order valence-corrected chi connectivity index (χ4v) is 0.981. The van der Waals surface area contributed by atoms with Gasteiger partial charge in [0, 0.05) is 12.4 Å². The predicted molar refractivity (Wildman–Crippen MR) is 52.6 cm³/mol. The molecule has 0 radical (unpaired) electrons. The summed E-state index contributed by atoms with van der Waals surface area (Å²) < 4.78 is 0. The summed E-state index contributed by atoms with van der Waals surface area (Å²) in [6.07, 6.45) is 2.80. The standard InChI is InChI=1S/C8H8BrN3/c9-6(5-10)8(11)7-3-1-2-4-12-7/h1-6,10-11H. The van der Waals surface area contributed by atoms with Crippen LogP contribution in [0.1, 0.15) is 5.69 Å². The number of halogens is 1. The van der Waals surface area contributed by atoms with E-state index < -0.39 is 0 Å². The molecule has 0 spiro atoms. The lowest BCUT2D eigenvalue weighted by molar-refractivity contribution is 1.25. The third kappa shape index (κ3) is 1.98. The van der Waals surface area contributed by atoms with Crippen LogP contribution in [0.2, 0.25) is 0 Å². The van der Waals surface area contributed by atoms with Crippen LogP contribution >= 0.6 is 15.9 Å². The molecule has 1 aromatic rings. The Morgan fingerprint density at radius 3 is 2.83 bits per heavy atom. The van der Waals surface area contributed by atoms with E-state index in [2.05, 4.69) is 20.9 Å². The summed E-state index contributed by atoms with van der Waals surface area (Å²) in [5, 5.41) is 14.5. The Labute approximate surface area is 79.0 Å². The minimum atomic E-state index is -0.340. The second kappa shape index (κ2) is 4.11. The van der Waals surface area contributed by atoms with Crippen molar-refractivity contribution >= 4 is 27.9 Å². The molecule has 2 N–H and O–H groups in total. The van der Waals surface area contributed by atoms with Crippen molar-refractivity contribution in [3.05, 3.63) is 30.1 Å². The summed E-state index contributed by atoms with van der Waals surface area (Å²) in [4.78, 5) is 3.65. The van der Waals surface area contributed by atoms with E-state index in [1.807, 2.05) is 6.07 Å². The van der Waals surface area contributed by atoms with Gasteiger partial charge in [0.05, 0.1) is 16.2 Å². The Hall–Kier alpha value is -1.03. The first-order chi connectivity index (χ1) is 5.75. The number of rotatable bonds is 3. The second-order valence-corrected chi connectivity index (χ2v) is 3.18. The maximum Gasteiger partial charge on any atom is 0.0926 e. The van der Waals surface area contributed by atoms with E-state index in [0.29, 0.717) is 11.4 Å². The number of nitrogens with one attached hydrogen (secondary N) is 2. The van der Waals surface area contributed by atoms with Crippen LogP contribution in [-0.4, -0.2) is 21.7 Å². The molecule has 12 heavy (non-hydrogen) atoms. The molecule has 1 heterocycles. The SMILES string of the molecule is N=CC(Br)C(=N)c1ccccn1. The van der Waals surface area contributed by atoms with Crippen LogP contribution in [0.4, 0.5) is 0 Å². The minimum absolute atomic E-state index is 0.311. The lowest BCUT2D eigenvalue weighted by Gasteiger charge is -2.03. The van der Waals surface area contributed by atoms with Gasteiger partial charge in [0.2, 0.25) is 0 Å². The van der Waals surface area contributed by atoms with Crippen LogP contribution in [-0.2, 0) is 0 Å². The van der Waals surface area contributed by atoms with Gasteiger partial charge in [-0.05, 0) is 12.1 Å². The average molecular weight is 226 g/mol. The van der Waals surface area contributed by atoms with E-state index in [1.165, 1.54) is 0 Å². The smallest absolute Gasteiger partial charge is 0.0926 e. The largest absolute Gasteiger partial charge is 0.312 e. The molecule has 4 heteroatoms. The van der Waals surface area contributed by atoms with E-state index in [9.17, 15) is 0 Å². The summed E-state index contributed by atoms with van der Waals surface area (Å²) in [7, 11) is 0. The zero-order valence-corrected chi connectivity index (χ0v) is 7.88. The molecule has 3 nitrogen and oxygen atoms in total. The minimum Gasteiger partial charge on any atom is -0.312 e. The average Bonchev–Trinajstić information content (AvgIpc) is 2.17. The van der Waals surface area contributed by atoms with Crippen LogP contribution in [0.3, 0.4) is 0 Å². The van der Waals surface area contributed by atoms with Crippen LogP contribution < -0.4 is 0 Å². The van der Waals surface area contributed by atoms with Crippen LogP contribution in [0, 0.1) is 10.8 Å². The van der Waals surface area contributed by atoms with Gasteiger partial charge in [0.1, 0.15) is 0 Å². The lowest BCUT2D eigenvalue weighted by Crippen LogP contribution is -2.16. The fraction of sp³-hybridized carbons (Fsp3) is 0.125. The van der Waals surface area contributed by atoms with Crippen LogP contribution in [0.15, 0.2) is 24.4 Å². The molecule has 0 aliphatic heterocycles. The molecule has 0 bridgehead atoms. The molecule has 0 aromatic carbocycles. The number of aromatic nitrogens is 1. The van der Waals surface area contributed by atoms with Gasteiger partial charge in [-0.25, -0.2) is 0 Å². The highest BCUT2D eigenvalue weighted by Crippen LogP contribution is 2.05. The number of nitrogens with zero attached hydrogens (tertiary/aromatic N) is 1. The summed E-state index contributed by atoms with van der Waals surface area (Å²) in [6.45, 7) is 0. The van der Waals surface area contributed by atoms with Gasteiger partial charge < -0.3 is 10.8 Å². The Kier molecular flexibility index (Phi) is 3.10. The molecule has 1 unspecified atom stereocenters.